The lowest BCUT2D eigenvalue weighted by molar-refractivity contribution is 0.116. The smallest absolute Gasteiger partial charge is 0.417 e. The van der Waals surface area contributed by atoms with Crippen molar-refractivity contribution < 1.29 is 23.7 Å². The number of nitrogens with zero attached hydrogens (tertiary/aromatic N) is 3. The number of rotatable bonds is 9. The number of cyclic esters (lactones) is 1. The summed E-state index contributed by atoms with van der Waals surface area (Å²) in [6.07, 6.45) is 15.3. The Kier molecular flexibility index (Phi) is 7.18. The molecule has 2 aliphatic heterocycles. The number of unbranched alkanes of at least 4 members (excludes halogenated alkanes) is 1. The molecule has 188 valence electrons. The first-order chi connectivity index (χ1) is 17.6. The van der Waals surface area contributed by atoms with Gasteiger partial charge in [-0.05, 0) is 55.4 Å². The molecular weight excluding hydrogens is 460 g/mol. The molecule has 2 aromatic heterocycles. The van der Waals surface area contributed by atoms with Crippen molar-refractivity contribution in [1.82, 2.24) is 14.9 Å². The molecule has 0 bridgehead atoms. The lowest BCUT2D eigenvalue weighted by Crippen LogP contribution is -2.27. The average Bonchev–Trinajstić information content (AvgIpc) is 3.31. The van der Waals surface area contributed by atoms with E-state index in [1.807, 2.05) is 24.3 Å². The van der Waals surface area contributed by atoms with Gasteiger partial charge in [-0.25, -0.2) is 14.7 Å². The van der Waals surface area contributed by atoms with Gasteiger partial charge in [0.05, 0.1) is 24.7 Å². The first-order valence-corrected chi connectivity index (χ1v) is 12.3. The van der Waals surface area contributed by atoms with E-state index in [4.69, 9.17) is 24.7 Å². The summed E-state index contributed by atoms with van der Waals surface area (Å²) in [5.41, 5.74) is 10.1. The van der Waals surface area contributed by atoms with E-state index in [9.17, 15) is 4.79 Å². The molecule has 2 N–H and O–H groups in total. The molecular formula is C27H30N4O5. The summed E-state index contributed by atoms with van der Waals surface area (Å²) in [5, 5.41) is 0. The molecule has 4 heterocycles. The van der Waals surface area contributed by atoms with E-state index in [1.165, 1.54) is 11.2 Å². The highest BCUT2D eigenvalue weighted by Gasteiger charge is 2.36. The van der Waals surface area contributed by atoms with Crippen molar-refractivity contribution in [3.05, 3.63) is 77.9 Å². The van der Waals surface area contributed by atoms with Gasteiger partial charge in [0.25, 0.3) is 0 Å². The first-order valence-electron chi connectivity index (χ1n) is 12.3. The van der Waals surface area contributed by atoms with Gasteiger partial charge in [-0.3, -0.25) is 4.98 Å². The van der Waals surface area contributed by atoms with Crippen molar-refractivity contribution in [1.29, 1.82) is 0 Å². The van der Waals surface area contributed by atoms with Crippen molar-refractivity contribution in [2.24, 2.45) is 5.73 Å². The Morgan fingerprint density at radius 1 is 1.25 bits per heavy atom. The zero-order valence-corrected chi connectivity index (χ0v) is 20.3. The van der Waals surface area contributed by atoms with Crippen LogP contribution in [0.25, 0.3) is 11.0 Å². The van der Waals surface area contributed by atoms with Gasteiger partial charge in [-0.15, -0.1) is 0 Å². The topological polar surface area (TPSA) is 109 Å². The third kappa shape index (κ3) is 5.21. The van der Waals surface area contributed by atoms with Gasteiger partial charge >= 0.3 is 6.09 Å². The predicted octanol–water partition coefficient (Wildman–Crippen LogP) is 4.98. The highest BCUT2D eigenvalue weighted by molar-refractivity contribution is 5.78. The second kappa shape index (κ2) is 10.8. The van der Waals surface area contributed by atoms with Crippen LogP contribution in [-0.4, -0.2) is 40.7 Å². The molecule has 9 nitrogen and oxygen atoms in total. The summed E-state index contributed by atoms with van der Waals surface area (Å²) in [4.78, 5) is 22.9. The molecule has 1 amide bonds. The number of hydrogen-bond acceptors (Lipinski definition) is 8. The Balaban J connectivity index is 1.11. The second-order valence-corrected chi connectivity index (χ2v) is 8.96. The lowest BCUT2D eigenvalue weighted by Gasteiger charge is -2.23. The maximum Gasteiger partial charge on any atom is 0.417 e. The molecule has 36 heavy (non-hydrogen) atoms. The normalized spacial score (nSPS) is 20.2. The number of nitrogens with two attached hydrogens (primary N) is 1. The number of fused-ring (bicyclic) bond motifs is 1. The summed E-state index contributed by atoms with van der Waals surface area (Å²) in [5.74, 6) is 1.51. The summed E-state index contributed by atoms with van der Waals surface area (Å²) in [7, 11) is 1.59. The van der Waals surface area contributed by atoms with Crippen LogP contribution in [0.2, 0.25) is 0 Å². The number of amides is 1. The number of carbonyl (C=O) groups is 1. The fourth-order valence-electron chi connectivity index (χ4n) is 4.57. The maximum atomic E-state index is 12.5. The van der Waals surface area contributed by atoms with E-state index >= 15 is 0 Å². The van der Waals surface area contributed by atoms with E-state index in [2.05, 4.69) is 16.0 Å². The van der Waals surface area contributed by atoms with Crippen molar-refractivity contribution in [3.63, 3.8) is 0 Å². The van der Waals surface area contributed by atoms with Gasteiger partial charge in [0.2, 0.25) is 11.8 Å². The molecule has 3 aliphatic rings. The van der Waals surface area contributed by atoms with Gasteiger partial charge in [0, 0.05) is 18.3 Å². The van der Waals surface area contributed by atoms with Crippen LogP contribution in [0.15, 0.2) is 72.4 Å². The number of aromatic nitrogens is 2. The van der Waals surface area contributed by atoms with Gasteiger partial charge in [0.1, 0.15) is 12.4 Å². The molecule has 5 rings (SSSR count). The molecule has 0 radical (unpaired) electrons. The maximum absolute atomic E-state index is 12.5. The summed E-state index contributed by atoms with van der Waals surface area (Å²) < 4.78 is 22.3. The molecule has 1 saturated heterocycles. The number of pyridine rings is 2. The fraction of sp³-hybridized carbons (Fsp3) is 0.370. The van der Waals surface area contributed by atoms with Crippen LogP contribution in [-0.2, 0) is 14.2 Å². The van der Waals surface area contributed by atoms with Crippen LogP contribution >= 0.6 is 0 Å². The van der Waals surface area contributed by atoms with Crippen LogP contribution in [0.4, 0.5) is 4.79 Å². The molecule has 0 saturated carbocycles. The van der Waals surface area contributed by atoms with Crippen LogP contribution < -0.4 is 10.5 Å². The van der Waals surface area contributed by atoms with E-state index in [0.717, 1.165) is 60.7 Å². The Morgan fingerprint density at radius 3 is 3.00 bits per heavy atom. The van der Waals surface area contributed by atoms with E-state index in [0.29, 0.717) is 24.1 Å². The second-order valence-electron chi connectivity index (χ2n) is 8.96. The van der Waals surface area contributed by atoms with E-state index in [-0.39, 0.29) is 12.1 Å². The van der Waals surface area contributed by atoms with Gasteiger partial charge in [-0.2, -0.15) is 0 Å². The molecule has 1 fully saturated rings. The number of ether oxygens (including phenoxy) is 4. The van der Waals surface area contributed by atoms with E-state index < -0.39 is 6.09 Å². The van der Waals surface area contributed by atoms with Crippen LogP contribution in [0, 0.1) is 0 Å². The highest BCUT2D eigenvalue weighted by Crippen LogP contribution is 2.31. The van der Waals surface area contributed by atoms with Crippen molar-refractivity contribution in [2.45, 2.75) is 50.7 Å². The third-order valence-corrected chi connectivity index (χ3v) is 6.52. The minimum Gasteiger partial charge on any atom is -0.481 e. The SMILES string of the molecule is COc1ccc2nccc(C(N)CCCCC3CN(C4=COC=C(C5=CC=CCC5)O4)C(=O)O3)c2n1. The zero-order chi connectivity index (χ0) is 24.9. The minimum absolute atomic E-state index is 0.176. The standard InChI is InChI=1S/C27H30N4O5/c1-33-24-12-11-22-26(30-24)20(13-14-29-22)21(28)10-6-5-9-19-15-31(27(32)35-19)25-17-34-16-23(36-25)18-7-3-2-4-8-18/h2-3,7,11-14,16-17,19,21H,4-6,8-10,15,28H2,1H3. The average molecular weight is 491 g/mol. The molecule has 2 atom stereocenters. The number of hydrogen-bond donors (Lipinski definition) is 1. The Hall–Kier alpha value is -3.85. The monoisotopic (exact) mass is 490 g/mol. The summed E-state index contributed by atoms with van der Waals surface area (Å²) in [6, 6.07) is 5.41. The number of allylic oxidation sites excluding steroid dienone is 4. The number of methoxy groups -OCH3 is 1. The van der Waals surface area contributed by atoms with Gasteiger partial charge < -0.3 is 24.7 Å². The molecule has 2 aromatic rings. The van der Waals surface area contributed by atoms with Crippen molar-refractivity contribution in [3.8, 4) is 5.88 Å². The molecule has 0 spiro atoms. The van der Waals surface area contributed by atoms with Crippen LogP contribution in [0.1, 0.15) is 50.1 Å². The molecule has 1 aliphatic carbocycles. The summed E-state index contributed by atoms with van der Waals surface area (Å²) in [6.45, 7) is 0.422. The van der Waals surface area contributed by atoms with Crippen molar-refractivity contribution in [2.75, 3.05) is 13.7 Å². The van der Waals surface area contributed by atoms with Crippen LogP contribution in [0.5, 0.6) is 5.88 Å². The highest BCUT2D eigenvalue weighted by atomic mass is 16.6. The molecule has 0 aromatic carbocycles. The molecule has 2 unspecified atom stereocenters. The summed E-state index contributed by atoms with van der Waals surface area (Å²) >= 11 is 0. The third-order valence-electron chi connectivity index (χ3n) is 6.52. The largest absolute Gasteiger partial charge is 0.481 e. The minimum atomic E-state index is -0.423. The zero-order valence-electron chi connectivity index (χ0n) is 20.3. The lowest BCUT2D eigenvalue weighted by atomic mass is 9.99. The fourth-order valence-corrected chi connectivity index (χ4v) is 4.57. The van der Waals surface area contributed by atoms with Gasteiger partial charge in [-0.1, -0.05) is 24.6 Å². The van der Waals surface area contributed by atoms with Crippen LogP contribution in [0.3, 0.4) is 0 Å². The van der Waals surface area contributed by atoms with Gasteiger partial charge in [0.15, 0.2) is 12.0 Å². The van der Waals surface area contributed by atoms with Crippen molar-refractivity contribution >= 4 is 17.1 Å². The van der Waals surface area contributed by atoms with E-state index in [1.54, 1.807) is 25.6 Å². The quantitative estimate of drug-likeness (QED) is 0.490. The Bertz CT molecular complexity index is 1250. The Labute approximate surface area is 209 Å². The number of carbonyl (C=O) groups excluding carboxylic acids is 1. The Morgan fingerprint density at radius 2 is 2.17 bits per heavy atom. The predicted molar refractivity (Wildman–Crippen MR) is 133 cm³/mol. The first kappa shape index (κ1) is 23.9. The molecule has 9 heteroatoms.